The maximum Gasteiger partial charge on any atom is 0.253 e. The second kappa shape index (κ2) is 6.27. The van der Waals surface area contributed by atoms with Gasteiger partial charge < -0.3 is 22.1 Å². The smallest absolute Gasteiger partial charge is 0.253 e. The molecule has 1 aliphatic rings. The van der Waals surface area contributed by atoms with Crippen LogP contribution in [0.15, 0.2) is 18.2 Å². The van der Waals surface area contributed by atoms with Gasteiger partial charge >= 0.3 is 0 Å². The molecule has 20 heavy (non-hydrogen) atoms. The largest absolute Gasteiger partial charge is 0.399 e. The third-order valence-electron chi connectivity index (χ3n) is 3.13. The highest BCUT2D eigenvalue weighted by atomic mass is 16.2. The average molecular weight is 276 g/mol. The molecule has 108 valence electrons. The standard InChI is InChI=1S/C14H20N4O2/c15-9-3-6-11(12(16)8-9)14(20)17-7-1-2-13(19)18-10-4-5-10/h3,6,8,10H,1-2,4-5,7,15-16H2,(H,17,20)(H,18,19). The van der Waals surface area contributed by atoms with Gasteiger partial charge in [-0.15, -0.1) is 0 Å². The highest BCUT2D eigenvalue weighted by Gasteiger charge is 2.22. The summed E-state index contributed by atoms with van der Waals surface area (Å²) in [6, 6.07) is 5.17. The molecule has 0 heterocycles. The monoisotopic (exact) mass is 276 g/mol. The lowest BCUT2D eigenvalue weighted by molar-refractivity contribution is -0.121. The predicted octanol–water partition coefficient (Wildman–Crippen LogP) is 0.640. The Hall–Kier alpha value is -2.24. The third-order valence-corrected chi connectivity index (χ3v) is 3.13. The van der Waals surface area contributed by atoms with Gasteiger partial charge in [0.15, 0.2) is 0 Å². The second-order valence-electron chi connectivity index (χ2n) is 5.05. The first kappa shape index (κ1) is 14.2. The number of rotatable bonds is 6. The fourth-order valence-corrected chi connectivity index (χ4v) is 1.86. The van der Waals surface area contributed by atoms with E-state index in [4.69, 9.17) is 11.5 Å². The van der Waals surface area contributed by atoms with Crippen molar-refractivity contribution in [1.29, 1.82) is 0 Å². The molecule has 0 atom stereocenters. The molecule has 0 bridgehead atoms. The molecular weight excluding hydrogens is 256 g/mol. The Kier molecular flexibility index (Phi) is 4.45. The Morgan fingerprint density at radius 3 is 2.65 bits per heavy atom. The topological polar surface area (TPSA) is 110 Å². The Morgan fingerprint density at radius 2 is 2.00 bits per heavy atom. The van der Waals surface area contributed by atoms with E-state index in [0.29, 0.717) is 42.4 Å². The number of hydrogen-bond donors (Lipinski definition) is 4. The number of benzene rings is 1. The van der Waals surface area contributed by atoms with Crippen LogP contribution in [-0.2, 0) is 4.79 Å². The van der Waals surface area contributed by atoms with E-state index in [0.717, 1.165) is 12.8 Å². The fraction of sp³-hybridized carbons (Fsp3) is 0.429. The van der Waals surface area contributed by atoms with Crippen molar-refractivity contribution >= 4 is 23.2 Å². The van der Waals surface area contributed by atoms with Crippen LogP contribution >= 0.6 is 0 Å². The van der Waals surface area contributed by atoms with Gasteiger partial charge in [-0.2, -0.15) is 0 Å². The van der Waals surface area contributed by atoms with Crippen LogP contribution in [0.5, 0.6) is 0 Å². The number of nitrogens with one attached hydrogen (secondary N) is 2. The van der Waals surface area contributed by atoms with Crippen LogP contribution in [0, 0.1) is 0 Å². The van der Waals surface area contributed by atoms with Gasteiger partial charge in [-0.25, -0.2) is 0 Å². The van der Waals surface area contributed by atoms with Crippen molar-refractivity contribution in [2.45, 2.75) is 31.7 Å². The molecule has 0 aromatic heterocycles. The minimum atomic E-state index is -0.245. The van der Waals surface area contributed by atoms with Crippen molar-refractivity contribution in [2.75, 3.05) is 18.0 Å². The van der Waals surface area contributed by atoms with Crippen LogP contribution in [0.1, 0.15) is 36.0 Å². The maximum atomic E-state index is 11.9. The third kappa shape index (κ3) is 4.15. The van der Waals surface area contributed by atoms with E-state index in [1.54, 1.807) is 18.2 Å². The zero-order chi connectivity index (χ0) is 14.5. The second-order valence-corrected chi connectivity index (χ2v) is 5.05. The number of anilines is 2. The zero-order valence-electron chi connectivity index (χ0n) is 11.3. The summed E-state index contributed by atoms with van der Waals surface area (Å²) in [6.45, 7) is 0.445. The Labute approximate surface area is 117 Å². The Morgan fingerprint density at radius 1 is 1.25 bits per heavy atom. The van der Waals surface area contributed by atoms with Crippen LogP contribution in [0.3, 0.4) is 0 Å². The number of carbonyl (C=O) groups excluding carboxylic acids is 2. The lowest BCUT2D eigenvalue weighted by Gasteiger charge is -2.08. The number of hydrogen-bond acceptors (Lipinski definition) is 4. The lowest BCUT2D eigenvalue weighted by atomic mass is 10.1. The summed E-state index contributed by atoms with van der Waals surface area (Å²) in [4.78, 5) is 23.3. The molecule has 6 nitrogen and oxygen atoms in total. The molecule has 2 amide bonds. The number of carbonyl (C=O) groups is 2. The van der Waals surface area contributed by atoms with Crippen LogP contribution in [-0.4, -0.2) is 24.4 Å². The van der Waals surface area contributed by atoms with Gasteiger partial charge in [0, 0.05) is 30.4 Å². The number of amides is 2. The van der Waals surface area contributed by atoms with Crippen molar-refractivity contribution in [2.24, 2.45) is 0 Å². The molecule has 6 heteroatoms. The van der Waals surface area contributed by atoms with E-state index in [-0.39, 0.29) is 11.8 Å². The van der Waals surface area contributed by atoms with Gasteiger partial charge in [0.05, 0.1) is 5.56 Å². The summed E-state index contributed by atoms with van der Waals surface area (Å²) >= 11 is 0. The normalized spacial score (nSPS) is 13.8. The lowest BCUT2D eigenvalue weighted by Crippen LogP contribution is -2.28. The summed E-state index contributed by atoms with van der Waals surface area (Å²) in [7, 11) is 0. The van der Waals surface area contributed by atoms with Crippen molar-refractivity contribution in [3.8, 4) is 0 Å². The summed E-state index contributed by atoms with van der Waals surface area (Å²) in [5.74, 6) is -0.196. The first-order valence-electron chi connectivity index (χ1n) is 6.79. The molecule has 6 N–H and O–H groups in total. The van der Waals surface area contributed by atoms with Crippen molar-refractivity contribution in [1.82, 2.24) is 10.6 Å². The van der Waals surface area contributed by atoms with Gasteiger partial charge in [0.1, 0.15) is 0 Å². The molecule has 1 aromatic rings. The van der Waals surface area contributed by atoms with E-state index in [1.165, 1.54) is 0 Å². The SMILES string of the molecule is Nc1ccc(C(=O)NCCCC(=O)NC2CC2)c(N)c1. The van der Waals surface area contributed by atoms with Crippen molar-refractivity contribution in [3.63, 3.8) is 0 Å². The predicted molar refractivity (Wildman–Crippen MR) is 78.0 cm³/mol. The van der Waals surface area contributed by atoms with Gasteiger partial charge in [-0.1, -0.05) is 0 Å². The molecule has 0 aliphatic heterocycles. The van der Waals surface area contributed by atoms with E-state index in [2.05, 4.69) is 10.6 Å². The summed E-state index contributed by atoms with van der Waals surface area (Å²) in [5.41, 5.74) is 12.6. The molecule has 2 rings (SSSR count). The van der Waals surface area contributed by atoms with Crippen LogP contribution in [0.25, 0.3) is 0 Å². The van der Waals surface area contributed by atoms with Crippen LogP contribution in [0.2, 0.25) is 0 Å². The van der Waals surface area contributed by atoms with E-state index in [1.807, 2.05) is 0 Å². The van der Waals surface area contributed by atoms with Gasteiger partial charge in [-0.3, -0.25) is 9.59 Å². The minimum absolute atomic E-state index is 0.0498. The Bertz CT molecular complexity index is 512. The average Bonchev–Trinajstić information content (AvgIpc) is 3.18. The highest BCUT2D eigenvalue weighted by molar-refractivity contribution is 5.99. The zero-order valence-corrected chi connectivity index (χ0v) is 11.3. The highest BCUT2D eigenvalue weighted by Crippen LogP contribution is 2.18. The maximum absolute atomic E-state index is 11.9. The van der Waals surface area contributed by atoms with Crippen molar-refractivity contribution in [3.05, 3.63) is 23.8 Å². The quantitative estimate of drug-likeness (QED) is 0.451. The number of nitrogens with two attached hydrogens (primary N) is 2. The summed E-state index contributed by atoms with van der Waals surface area (Å²) in [5, 5.41) is 5.65. The first-order chi connectivity index (χ1) is 9.56. The van der Waals surface area contributed by atoms with Gasteiger partial charge in [-0.05, 0) is 37.5 Å². The molecule has 0 spiro atoms. The summed E-state index contributed by atoms with van der Waals surface area (Å²) in [6.07, 6.45) is 3.20. The van der Waals surface area contributed by atoms with Crippen LogP contribution in [0.4, 0.5) is 11.4 Å². The van der Waals surface area contributed by atoms with Gasteiger partial charge in [0.25, 0.3) is 5.91 Å². The molecule has 0 saturated heterocycles. The molecular formula is C14H20N4O2. The molecule has 1 aromatic carbocycles. The molecule has 1 fully saturated rings. The van der Waals surface area contributed by atoms with E-state index in [9.17, 15) is 9.59 Å². The van der Waals surface area contributed by atoms with E-state index < -0.39 is 0 Å². The summed E-state index contributed by atoms with van der Waals surface area (Å²) < 4.78 is 0. The van der Waals surface area contributed by atoms with Crippen LogP contribution < -0.4 is 22.1 Å². The molecule has 1 saturated carbocycles. The first-order valence-corrected chi connectivity index (χ1v) is 6.79. The molecule has 0 radical (unpaired) electrons. The Balaban J connectivity index is 1.70. The van der Waals surface area contributed by atoms with E-state index >= 15 is 0 Å². The fourth-order valence-electron chi connectivity index (χ4n) is 1.86. The molecule has 1 aliphatic carbocycles. The molecule has 0 unspecified atom stereocenters. The van der Waals surface area contributed by atoms with Gasteiger partial charge in [0.2, 0.25) is 5.91 Å². The minimum Gasteiger partial charge on any atom is -0.399 e. The van der Waals surface area contributed by atoms with Crippen molar-refractivity contribution < 1.29 is 9.59 Å². The number of nitrogen functional groups attached to an aromatic ring is 2.